The van der Waals surface area contributed by atoms with Crippen LogP contribution in [0.2, 0.25) is 0 Å². The fraction of sp³-hybridized carbons (Fsp3) is 0.217. The standard InChI is InChI=1S/C21H19N3O2S.C2H6/c1-3-26-21(25)15-11-17(23-16-7-5-4-6-8-16)20-22-12-18(24(20)13-15)19-10-9-14(2)27-19;1-2/h4-13,23H,3H2,1-2H3;1-2H3. The van der Waals surface area contributed by atoms with Crippen molar-refractivity contribution in [2.24, 2.45) is 0 Å². The molecule has 0 aliphatic carbocycles. The number of carbonyl (C=O) groups excluding carboxylic acids is 1. The van der Waals surface area contributed by atoms with Crippen LogP contribution < -0.4 is 5.32 Å². The Morgan fingerprint density at radius 1 is 1.17 bits per heavy atom. The van der Waals surface area contributed by atoms with Gasteiger partial charge in [0.15, 0.2) is 5.65 Å². The lowest BCUT2D eigenvalue weighted by atomic mass is 10.2. The number of anilines is 2. The normalized spacial score (nSPS) is 10.3. The minimum Gasteiger partial charge on any atom is -0.462 e. The molecule has 150 valence electrons. The van der Waals surface area contributed by atoms with Gasteiger partial charge in [-0.15, -0.1) is 11.3 Å². The van der Waals surface area contributed by atoms with E-state index in [9.17, 15) is 4.79 Å². The van der Waals surface area contributed by atoms with E-state index in [4.69, 9.17) is 4.74 Å². The summed E-state index contributed by atoms with van der Waals surface area (Å²) < 4.78 is 7.16. The van der Waals surface area contributed by atoms with E-state index in [2.05, 4.69) is 29.4 Å². The number of aryl methyl sites for hydroxylation is 1. The number of benzene rings is 1. The molecule has 0 bridgehead atoms. The molecule has 29 heavy (non-hydrogen) atoms. The van der Waals surface area contributed by atoms with Gasteiger partial charge < -0.3 is 10.1 Å². The van der Waals surface area contributed by atoms with Crippen molar-refractivity contribution in [3.05, 3.63) is 71.4 Å². The summed E-state index contributed by atoms with van der Waals surface area (Å²) in [6.07, 6.45) is 3.63. The van der Waals surface area contributed by atoms with E-state index in [-0.39, 0.29) is 5.97 Å². The Labute approximate surface area is 175 Å². The average molecular weight is 408 g/mol. The lowest BCUT2D eigenvalue weighted by molar-refractivity contribution is 0.0526. The van der Waals surface area contributed by atoms with Crippen LogP contribution in [0.1, 0.15) is 36.0 Å². The summed E-state index contributed by atoms with van der Waals surface area (Å²) in [7, 11) is 0. The first kappa shape index (κ1) is 20.6. The molecule has 4 aromatic rings. The quantitative estimate of drug-likeness (QED) is 0.393. The highest BCUT2D eigenvalue weighted by Crippen LogP contribution is 2.31. The van der Waals surface area contributed by atoms with Crippen molar-refractivity contribution in [2.75, 3.05) is 11.9 Å². The van der Waals surface area contributed by atoms with Gasteiger partial charge in [0.25, 0.3) is 0 Å². The SMILES string of the molecule is CC.CCOC(=O)c1cc(Nc2ccccc2)c2ncc(-c3ccc(C)s3)n2c1. The Hall–Kier alpha value is -3.12. The molecule has 0 aliphatic heterocycles. The van der Waals surface area contributed by atoms with Crippen LogP contribution in [0.25, 0.3) is 16.2 Å². The Bertz CT molecular complexity index is 1100. The van der Waals surface area contributed by atoms with Gasteiger partial charge in [-0.25, -0.2) is 9.78 Å². The summed E-state index contributed by atoms with van der Waals surface area (Å²) in [4.78, 5) is 19.3. The number of carbonyl (C=O) groups is 1. The van der Waals surface area contributed by atoms with Crippen LogP contribution >= 0.6 is 11.3 Å². The maximum atomic E-state index is 12.4. The van der Waals surface area contributed by atoms with Gasteiger partial charge in [0.1, 0.15) is 0 Å². The van der Waals surface area contributed by atoms with Crippen LogP contribution in [0.5, 0.6) is 0 Å². The molecule has 0 unspecified atom stereocenters. The van der Waals surface area contributed by atoms with Crippen molar-refractivity contribution in [1.82, 2.24) is 9.38 Å². The fourth-order valence-electron chi connectivity index (χ4n) is 2.94. The zero-order valence-electron chi connectivity index (χ0n) is 17.1. The number of nitrogens with zero attached hydrogens (tertiary/aromatic N) is 2. The lowest BCUT2D eigenvalue weighted by Gasteiger charge is -2.11. The molecule has 0 amide bonds. The first-order chi connectivity index (χ1) is 14.2. The van der Waals surface area contributed by atoms with Crippen molar-refractivity contribution in [2.45, 2.75) is 27.7 Å². The molecular weight excluding hydrogens is 382 g/mol. The third-order valence-electron chi connectivity index (χ3n) is 4.16. The molecule has 1 aromatic carbocycles. The number of para-hydroxylation sites is 1. The summed E-state index contributed by atoms with van der Waals surface area (Å²) in [5.74, 6) is -0.350. The summed E-state index contributed by atoms with van der Waals surface area (Å²) in [5.41, 5.74) is 3.87. The topological polar surface area (TPSA) is 55.6 Å². The van der Waals surface area contributed by atoms with Gasteiger partial charge in [-0.2, -0.15) is 0 Å². The first-order valence-corrected chi connectivity index (χ1v) is 10.5. The second kappa shape index (κ2) is 9.39. The Balaban J connectivity index is 0.00000117. The van der Waals surface area contributed by atoms with Gasteiger partial charge >= 0.3 is 5.97 Å². The molecule has 0 saturated heterocycles. The smallest absolute Gasteiger partial charge is 0.339 e. The number of nitrogens with one attached hydrogen (secondary N) is 1. The monoisotopic (exact) mass is 407 g/mol. The van der Waals surface area contributed by atoms with Gasteiger partial charge in [-0.1, -0.05) is 32.0 Å². The Kier molecular flexibility index (Phi) is 6.67. The second-order valence-corrected chi connectivity index (χ2v) is 7.39. The molecule has 4 rings (SSSR count). The fourth-order valence-corrected chi connectivity index (χ4v) is 3.81. The van der Waals surface area contributed by atoms with Crippen LogP contribution in [0, 0.1) is 6.92 Å². The van der Waals surface area contributed by atoms with Gasteiger partial charge in [-0.05, 0) is 44.2 Å². The summed E-state index contributed by atoms with van der Waals surface area (Å²) in [6.45, 7) is 8.21. The number of hydrogen-bond donors (Lipinski definition) is 1. The van der Waals surface area contributed by atoms with Crippen molar-refractivity contribution in [3.63, 3.8) is 0 Å². The number of pyridine rings is 1. The number of hydrogen-bond acceptors (Lipinski definition) is 5. The molecule has 0 fully saturated rings. The van der Waals surface area contributed by atoms with Gasteiger partial charge in [0, 0.05) is 16.8 Å². The number of thiophene rings is 1. The van der Waals surface area contributed by atoms with E-state index in [1.54, 1.807) is 30.5 Å². The maximum absolute atomic E-state index is 12.4. The predicted octanol–water partition coefficient (Wildman–Crippen LogP) is 6.32. The van der Waals surface area contributed by atoms with E-state index in [1.807, 2.05) is 54.8 Å². The molecule has 5 nitrogen and oxygen atoms in total. The lowest BCUT2D eigenvalue weighted by Crippen LogP contribution is -2.07. The molecular formula is C23H25N3O2S. The van der Waals surface area contributed by atoms with E-state index in [0.29, 0.717) is 12.2 Å². The van der Waals surface area contributed by atoms with Crippen LogP contribution in [0.3, 0.4) is 0 Å². The molecule has 0 spiro atoms. The molecule has 3 aromatic heterocycles. The predicted molar refractivity (Wildman–Crippen MR) is 120 cm³/mol. The first-order valence-electron chi connectivity index (χ1n) is 9.73. The molecule has 0 radical (unpaired) electrons. The minimum atomic E-state index is -0.350. The Morgan fingerprint density at radius 2 is 1.93 bits per heavy atom. The van der Waals surface area contributed by atoms with Gasteiger partial charge in [0.2, 0.25) is 0 Å². The van der Waals surface area contributed by atoms with Gasteiger partial charge in [0.05, 0.1) is 34.6 Å². The summed E-state index contributed by atoms with van der Waals surface area (Å²) in [5, 5.41) is 3.37. The van der Waals surface area contributed by atoms with Crippen LogP contribution in [0.4, 0.5) is 11.4 Å². The number of esters is 1. The number of imidazole rings is 1. The van der Waals surface area contributed by atoms with Crippen molar-refractivity contribution in [1.29, 1.82) is 0 Å². The van der Waals surface area contributed by atoms with Gasteiger partial charge in [-0.3, -0.25) is 4.40 Å². The highest BCUT2D eigenvalue weighted by molar-refractivity contribution is 7.15. The zero-order chi connectivity index (χ0) is 20.8. The van der Waals surface area contributed by atoms with Crippen LogP contribution in [0.15, 0.2) is 60.9 Å². The van der Waals surface area contributed by atoms with Crippen molar-refractivity contribution in [3.8, 4) is 10.6 Å². The minimum absolute atomic E-state index is 0.333. The molecule has 0 saturated carbocycles. The number of fused-ring (bicyclic) bond motifs is 1. The molecule has 6 heteroatoms. The van der Waals surface area contributed by atoms with Crippen LogP contribution in [-0.2, 0) is 4.74 Å². The molecule has 3 heterocycles. The number of rotatable bonds is 5. The third-order valence-corrected chi connectivity index (χ3v) is 5.19. The highest BCUT2D eigenvalue weighted by Gasteiger charge is 2.16. The number of ether oxygens (including phenoxy) is 1. The second-order valence-electron chi connectivity index (χ2n) is 6.10. The number of aromatic nitrogens is 2. The Morgan fingerprint density at radius 3 is 2.59 bits per heavy atom. The largest absolute Gasteiger partial charge is 0.462 e. The summed E-state index contributed by atoms with van der Waals surface area (Å²) in [6, 6.07) is 15.8. The zero-order valence-corrected chi connectivity index (χ0v) is 17.9. The molecule has 1 N–H and O–H groups in total. The maximum Gasteiger partial charge on any atom is 0.339 e. The van der Waals surface area contributed by atoms with Crippen molar-refractivity contribution < 1.29 is 9.53 Å². The van der Waals surface area contributed by atoms with E-state index < -0.39 is 0 Å². The highest BCUT2D eigenvalue weighted by atomic mass is 32.1. The van der Waals surface area contributed by atoms with E-state index >= 15 is 0 Å². The summed E-state index contributed by atoms with van der Waals surface area (Å²) >= 11 is 1.70. The van der Waals surface area contributed by atoms with E-state index in [0.717, 1.165) is 27.6 Å². The average Bonchev–Trinajstić information content (AvgIpc) is 3.36. The molecule has 0 atom stereocenters. The molecule has 0 aliphatic rings. The van der Waals surface area contributed by atoms with Crippen LogP contribution in [-0.4, -0.2) is 22.0 Å². The van der Waals surface area contributed by atoms with E-state index in [1.165, 1.54) is 4.88 Å². The third kappa shape index (κ3) is 4.49. The van der Waals surface area contributed by atoms with Crippen molar-refractivity contribution >= 4 is 34.3 Å².